The number of fused-ring (bicyclic) bond motifs is 1. The Bertz CT molecular complexity index is 1200. The smallest absolute Gasteiger partial charge is 0.151 e. The molecular weight excluding hydrogens is 394 g/mol. The molecule has 3 heterocycles. The maximum atomic E-state index is 4.80. The van der Waals surface area contributed by atoms with E-state index in [-0.39, 0.29) is 0 Å². The van der Waals surface area contributed by atoms with Crippen LogP contribution in [0.15, 0.2) is 73.1 Å². The summed E-state index contributed by atoms with van der Waals surface area (Å²) in [6.45, 7) is 7.42. The van der Waals surface area contributed by atoms with Crippen LogP contribution in [0, 0.1) is 5.92 Å². The van der Waals surface area contributed by atoms with Crippen molar-refractivity contribution in [2.24, 2.45) is 5.92 Å². The van der Waals surface area contributed by atoms with E-state index in [1.807, 2.05) is 12.4 Å². The Balaban J connectivity index is 1.60. The molecule has 0 aliphatic carbocycles. The first-order chi connectivity index (χ1) is 15.7. The average molecular weight is 424 g/mol. The van der Waals surface area contributed by atoms with Gasteiger partial charge in [0, 0.05) is 49.2 Å². The molecule has 2 aromatic carbocycles. The van der Waals surface area contributed by atoms with Crippen LogP contribution in [0.1, 0.15) is 20.3 Å². The fourth-order valence-electron chi connectivity index (χ4n) is 4.68. The minimum absolute atomic E-state index is 0.479. The first-order valence-electron chi connectivity index (χ1n) is 11.4. The van der Waals surface area contributed by atoms with Gasteiger partial charge >= 0.3 is 0 Å². The Hall–Kier alpha value is -3.31. The fraction of sp³-hybridized carbons (Fsp3) is 0.296. The summed E-state index contributed by atoms with van der Waals surface area (Å²) >= 11 is 0. The molecule has 162 valence electrons. The quantitative estimate of drug-likeness (QED) is 0.479. The van der Waals surface area contributed by atoms with Gasteiger partial charge in [-0.3, -0.25) is 4.98 Å². The highest BCUT2D eigenvalue weighted by Crippen LogP contribution is 2.36. The highest BCUT2D eigenvalue weighted by atomic mass is 15.3. The van der Waals surface area contributed by atoms with Gasteiger partial charge < -0.3 is 10.2 Å². The highest BCUT2D eigenvalue weighted by Gasteiger charge is 2.23. The lowest BCUT2D eigenvalue weighted by Gasteiger charge is -2.35. The maximum Gasteiger partial charge on any atom is 0.151 e. The monoisotopic (exact) mass is 423 g/mol. The van der Waals surface area contributed by atoms with Crippen LogP contribution in [0.2, 0.25) is 0 Å². The second kappa shape index (κ2) is 9.05. The Morgan fingerprint density at radius 3 is 2.62 bits per heavy atom. The van der Waals surface area contributed by atoms with E-state index in [1.165, 1.54) is 10.8 Å². The van der Waals surface area contributed by atoms with Gasteiger partial charge in [-0.1, -0.05) is 56.3 Å². The number of anilines is 1. The molecule has 1 saturated heterocycles. The van der Waals surface area contributed by atoms with Crippen molar-refractivity contribution in [1.82, 2.24) is 20.5 Å². The van der Waals surface area contributed by atoms with Gasteiger partial charge in [-0.05, 0) is 46.9 Å². The molecule has 1 atom stereocenters. The minimum atomic E-state index is 0.479. The van der Waals surface area contributed by atoms with Gasteiger partial charge in [-0.25, -0.2) is 0 Å². The normalized spacial score (nSPS) is 16.6. The van der Waals surface area contributed by atoms with Gasteiger partial charge in [-0.2, -0.15) is 0 Å². The van der Waals surface area contributed by atoms with Gasteiger partial charge in [0.25, 0.3) is 0 Å². The number of piperazine rings is 1. The molecule has 1 aliphatic rings. The molecule has 1 fully saturated rings. The molecule has 0 bridgehead atoms. The van der Waals surface area contributed by atoms with Gasteiger partial charge in [0.1, 0.15) is 5.69 Å². The van der Waals surface area contributed by atoms with E-state index in [0.29, 0.717) is 12.0 Å². The zero-order chi connectivity index (χ0) is 21.9. The number of benzene rings is 2. The number of rotatable bonds is 5. The van der Waals surface area contributed by atoms with E-state index in [0.717, 1.165) is 54.3 Å². The molecule has 0 spiro atoms. The number of hydrogen-bond donors (Lipinski definition) is 1. The molecule has 0 radical (unpaired) electrons. The lowest BCUT2D eigenvalue weighted by atomic mass is 9.96. The second-order valence-electron chi connectivity index (χ2n) is 8.95. The van der Waals surface area contributed by atoms with Crippen molar-refractivity contribution in [1.29, 1.82) is 0 Å². The summed E-state index contributed by atoms with van der Waals surface area (Å²) in [5.74, 6) is 1.61. The molecule has 5 rings (SSSR count). The molecule has 32 heavy (non-hydrogen) atoms. The van der Waals surface area contributed by atoms with E-state index < -0.39 is 0 Å². The van der Waals surface area contributed by atoms with E-state index in [2.05, 4.69) is 89.7 Å². The number of aromatic nitrogens is 3. The van der Waals surface area contributed by atoms with Crippen molar-refractivity contribution in [3.63, 3.8) is 0 Å². The SMILES string of the molecule is CC(C)C[C@H]1CN(c2cc(-c3ccncc3)c(-c3cccc4ccccc34)nn2)CCN1. The lowest BCUT2D eigenvalue weighted by Crippen LogP contribution is -2.51. The summed E-state index contributed by atoms with van der Waals surface area (Å²) in [4.78, 5) is 6.59. The third-order valence-electron chi connectivity index (χ3n) is 6.15. The van der Waals surface area contributed by atoms with Crippen LogP contribution in [0.4, 0.5) is 5.82 Å². The van der Waals surface area contributed by atoms with Gasteiger partial charge in [-0.15, -0.1) is 10.2 Å². The molecule has 5 nitrogen and oxygen atoms in total. The molecule has 4 aromatic rings. The Morgan fingerprint density at radius 2 is 1.78 bits per heavy atom. The number of nitrogens with one attached hydrogen (secondary N) is 1. The molecule has 1 aliphatic heterocycles. The van der Waals surface area contributed by atoms with E-state index in [1.54, 1.807) is 0 Å². The molecule has 0 saturated carbocycles. The zero-order valence-electron chi connectivity index (χ0n) is 18.7. The predicted octanol–water partition coefficient (Wildman–Crippen LogP) is 5.18. The molecule has 5 heteroatoms. The molecule has 1 N–H and O–H groups in total. The highest BCUT2D eigenvalue weighted by molar-refractivity contribution is 5.99. The first kappa shape index (κ1) is 20.6. The average Bonchev–Trinajstić information content (AvgIpc) is 2.84. The van der Waals surface area contributed by atoms with Crippen LogP contribution < -0.4 is 10.2 Å². The summed E-state index contributed by atoms with van der Waals surface area (Å²) < 4.78 is 0. The van der Waals surface area contributed by atoms with Crippen LogP contribution >= 0.6 is 0 Å². The molecule has 2 aromatic heterocycles. The van der Waals surface area contributed by atoms with Crippen molar-refractivity contribution in [2.45, 2.75) is 26.3 Å². The van der Waals surface area contributed by atoms with Crippen molar-refractivity contribution in [2.75, 3.05) is 24.5 Å². The van der Waals surface area contributed by atoms with Crippen LogP contribution in [-0.2, 0) is 0 Å². The van der Waals surface area contributed by atoms with E-state index in [4.69, 9.17) is 10.2 Å². The van der Waals surface area contributed by atoms with Crippen LogP contribution in [-0.4, -0.2) is 40.9 Å². The summed E-state index contributed by atoms with van der Waals surface area (Å²) in [6, 6.07) is 21.6. The van der Waals surface area contributed by atoms with E-state index >= 15 is 0 Å². The molecule has 0 unspecified atom stereocenters. The predicted molar refractivity (Wildman–Crippen MR) is 132 cm³/mol. The van der Waals surface area contributed by atoms with Gasteiger partial charge in [0.15, 0.2) is 5.82 Å². The number of pyridine rings is 1. The second-order valence-corrected chi connectivity index (χ2v) is 8.95. The van der Waals surface area contributed by atoms with Crippen molar-refractivity contribution in [3.05, 3.63) is 73.1 Å². The molecule has 0 amide bonds. The summed E-state index contributed by atoms with van der Waals surface area (Å²) in [7, 11) is 0. The molecular formula is C27H29N5. The summed E-state index contributed by atoms with van der Waals surface area (Å²) in [6.07, 6.45) is 4.84. The van der Waals surface area contributed by atoms with Gasteiger partial charge in [0.2, 0.25) is 0 Å². The third kappa shape index (κ3) is 4.21. The third-order valence-corrected chi connectivity index (χ3v) is 6.15. The van der Waals surface area contributed by atoms with E-state index in [9.17, 15) is 0 Å². The number of nitrogens with zero attached hydrogens (tertiary/aromatic N) is 4. The Morgan fingerprint density at radius 1 is 0.969 bits per heavy atom. The van der Waals surface area contributed by atoms with Crippen molar-refractivity contribution >= 4 is 16.6 Å². The zero-order valence-corrected chi connectivity index (χ0v) is 18.7. The number of hydrogen-bond acceptors (Lipinski definition) is 5. The van der Waals surface area contributed by atoms with Gasteiger partial charge in [0.05, 0.1) is 0 Å². The fourth-order valence-corrected chi connectivity index (χ4v) is 4.68. The summed E-state index contributed by atoms with van der Waals surface area (Å²) in [5, 5.41) is 15.6. The first-order valence-corrected chi connectivity index (χ1v) is 11.4. The van der Waals surface area contributed by atoms with Crippen LogP contribution in [0.25, 0.3) is 33.2 Å². The Kier molecular flexibility index (Phi) is 5.82. The standard InChI is InChI=1S/C27H29N5/c1-19(2)16-22-18-32(15-14-29-22)26-17-25(21-10-12-28-13-11-21)27(31-30-26)24-9-5-7-20-6-3-4-8-23(20)24/h3-13,17,19,22,29H,14-16,18H2,1-2H3/t22-/m0/s1. The van der Waals surface area contributed by atoms with Crippen LogP contribution in [0.3, 0.4) is 0 Å². The van der Waals surface area contributed by atoms with Crippen molar-refractivity contribution < 1.29 is 0 Å². The lowest BCUT2D eigenvalue weighted by molar-refractivity contribution is 0.386. The largest absolute Gasteiger partial charge is 0.352 e. The van der Waals surface area contributed by atoms with Crippen LogP contribution in [0.5, 0.6) is 0 Å². The maximum absolute atomic E-state index is 4.80. The Labute approximate surface area is 189 Å². The van der Waals surface area contributed by atoms with Crippen molar-refractivity contribution in [3.8, 4) is 22.4 Å². The summed E-state index contributed by atoms with van der Waals surface area (Å²) in [5.41, 5.74) is 4.21. The minimum Gasteiger partial charge on any atom is -0.352 e. The topological polar surface area (TPSA) is 53.9 Å².